The quantitative estimate of drug-likeness (QED) is 0.850. The lowest BCUT2D eigenvalue weighted by molar-refractivity contribution is -0.136. The third kappa shape index (κ3) is 3.71. The normalized spacial score (nSPS) is 28.4. The SMILES string of the molecule is CC(N)C(C)C(=O)N1CCCC1CC1CCCCC1. The van der Waals surface area contributed by atoms with Crippen molar-refractivity contribution in [2.75, 3.05) is 6.54 Å². The molecule has 0 aromatic carbocycles. The van der Waals surface area contributed by atoms with Crippen LogP contribution in [0.5, 0.6) is 0 Å². The summed E-state index contributed by atoms with van der Waals surface area (Å²) in [5.74, 6) is 1.11. The van der Waals surface area contributed by atoms with Crippen LogP contribution in [0.25, 0.3) is 0 Å². The zero-order valence-electron chi connectivity index (χ0n) is 12.6. The summed E-state index contributed by atoms with van der Waals surface area (Å²) in [5, 5.41) is 0. The van der Waals surface area contributed by atoms with Crippen LogP contribution >= 0.6 is 0 Å². The van der Waals surface area contributed by atoms with Gasteiger partial charge in [-0.2, -0.15) is 0 Å². The largest absolute Gasteiger partial charge is 0.339 e. The van der Waals surface area contributed by atoms with Crippen LogP contribution in [0.1, 0.15) is 65.2 Å². The average molecular weight is 266 g/mol. The van der Waals surface area contributed by atoms with E-state index in [1.807, 2.05) is 13.8 Å². The van der Waals surface area contributed by atoms with Crippen molar-refractivity contribution < 1.29 is 4.79 Å². The second kappa shape index (κ2) is 6.74. The molecule has 2 rings (SSSR count). The van der Waals surface area contributed by atoms with Crippen LogP contribution in [0.4, 0.5) is 0 Å². The van der Waals surface area contributed by atoms with Gasteiger partial charge in [0.25, 0.3) is 0 Å². The predicted molar refractivity (Wildman–Crippen MR) is 78.7 cm³/mol. The first-order valence-electron chi connectivity index (χ1n) is 8.15. The Morgan fingerprint density at radius 2 is 1.84 bits per heavy atom. The Morgan fingerprint density at radius 1 is 1.16 bits per heavy atom. The van der Waals surface area contributed by atoms with Gasteiger partial charge in [-0.15, -0.1) is 0 Å². The van der Waals surface area contributed by atoms with Crippen LogP contribution < -0.4 is 5.73 Å². The van der Waals surface area contributed by atoms with E-state index in [1.165, 1.54) is 51.4 Å². The highest BCUT2D eigenvalue weighted by molar-refractivity contribution is 5.79. The lowest BCUT2D eigenvalue weighted by Crippen LogP contribution is -2.44. The summed E-state index contributed by atoms with van der Waals surface area (Å²) in [5.41, 5.74) is 5.89. The van der Waals surface area contributed by atoms with E-state index in [2.05, 4.69) is 4.90 Å². The number of rotatable bonds is 4. The molecule has 0 spiro atoms. The number of amides is 1. The number of carbonyl (C=O) groups excluding carboxylic acids is 1. The summed E-state index contributed by atoms with van der Waals surface area (Å²) in [6, 6.07) is 0.459. The first-order valence-corrected chi connectivity index (χ1v) is 8.15. The lowest BCUT2D eigenvalue weighted by Gasteiger charge is -2.32. The molecule has 2 N–H and O–H groups in total. The maximum Gasteiger partial charge on any atom is 0.227 e. The summed E-state index contributed by atoms with van der Waals surface area (Å²) in [7, 11) is 0. The van der Waals surface area contributed by atoms with Gasteiger partial charge in [-0.1, -0.05) is 39.0 Å². The van der Waals surface area contributed by atoms with Gasteiger partial charge < -0.3 is 10.6 Å². The van der Waals surface area contributed by atoms with Crippen LogP contribution in [-0.4, -0.2) is 29.4 Å². The Hall–Kier alpha value is -0.570. The molecule has 1 amide bonds. The van der Waals surface area contributed by atoms with Crippen molar-refractivity contribution >= 4 is 5.91 Å². The summed E-state index contributed by atoms with van der Waals surface area (Å²) in [6.07, 6.45) is 10.6. The molecule has 2 fully saturated rings. The minimum Gasteiger partial charge on any atom is -0.339 e. The highest BCUT2D eigenvalue weighted by Crippen LogP contribution is 2.32. The maximum atomic E-state index is 12.5. The van der Waals surface area contributed by atoms with Gasteiger partial charge in [-0.3, -0.25) is 4.79 Å². The predicted octanol–water partition coefficient (Wildman–Crippen LogP) is 2.93. The highest BCUT2D eigenvalue weighted by Gasteiger charge is 2.33. The summed E-state index contributed by atoms with van der Waals surface area (Å²) < 4.78 is 0. The molecule has 0 aromatic rings. The Bertz CT molecular complexity index is 297. The fraction of sp³-hybridized carbons (Fsp3) is 0.938. The Kier molecular flexibility index (Phi) is 5.26. The van der Waals surface area contributed by atoms with Gasteiger partial charge in [0.15, 0.2) is 0 Å². The Labute approximate surface area is 117 Å². The van der Waals surface area contributed by atoms with E-state index in [0.29, 0.717) is 6.04 Å². The van der Waals surface area contributed by atoms with Gasteiger partial charge in [0.2, 0.25) is 5.91 Å². The first kappa shape index (κ1) is 14.8. The molecule has 0 radical (unpaired) electrons. The van der Waals surface area contributed by atoms with Crippen molar-refractivity contribution in [2.24, 2.45) is 17.6 Å². The minimum atomic E-state index is -0.0385. The molecular formula is C16H30N2O. The van der Waals surface area contributed by atoms with E-state index in [4.69, 9.17) is 5.73 Å². The van der Waals surface area contributed by atoms with Crippen LogP contribution in [-0.2, 0) is 4.79 Å². The van der Waals surface area contributed by atoms with Gasteiger partial charge in [0.1, 0.15) is 0 Å². The number of nitrogens with zero attached hydrogens (tertiary/aromatic N) is 1. The molecule has 1 saturated carbocycles. The molecule has 110 valence electrons. The summed E-state index contributed by atoms with van der Waals surface area (Å²) in [6.45, 7) is 4.87. The third-order valence-electron chi connectivity index (χ3n) is 5.17. The van der Waals surface area contributed by atoms with Gasteiger partial charge in [0, 0.05) is 18.6 Å². The second-order valence-electron chi connectivity index (χ2n) is 6.72. The van der Waals surface area contributed by atoms with E-state index >= 15 is 0 Å². The van der Waals surface area contributed by atoms with Gasteiger partial charge in [-0.25, -0.2) is 0 Å². The standard InChI is InChI=1S/C16H30N2O/c1-12(13(2)17)16(19)18-10-6-9-15(18)11-14-7-4-3-5-8-14/h12-15H,3-11,17H2,1-2H3. The molecule has 1 saturated heterocycles. The zero-order chi connectivity index (χ0) is 13.8. The van der Waals surface area contributed by atoms with E-state index in [9.17, 15) is 4.79 Å². The topological polar surface area (TPSA) is 46.3 Å². The molecule has 3 nitrogen and oxygen atoms in total. The van der Waals surface area contributed by atoms with Crippen molar-refractivity contribution in [3.8, 4) is 0 Å². The Balaban J connectivity index is 1.90. The van der Waals surface area contributed by atoms with Crippen molar-refractivity contribution in [1.82, 2.24) is 4.90 Å². The smallest absolute Gasteiger partial charge is 0.227 e. The highest BCUT2D eigenvalue weighted by atomic mass is 16.2. The zero-order valence-corrected chi connectivity index (χ0v) is 12.6. The van der Waals surface area contributed by atoms with Crippen LogP contribution in [0.3, 0.4) is 0 Å². The average Bonchev–Trinajstić information content (AvgIpc) is 2.86. The van der Waals surface area contributed by atoms with E-state index < -0.39 is 0 Å². The van der Waals surface area contributed by atoms with E-state index in [-0.39, 0.29) is 17.9 Å². The van der Waals surface area contributed by atoms with Gasteiger partial charge in [0.05, 0.1) is 5.92 Å². The molecule has 0 bridgehead atoms. The van der Waals surface area contributed by atoms with Crippen LogP contribution in [0.15, 0.2) is 0 Å². The molecule has 1 aliphatic heterocycles. The second-order valence-corrected chi connectivity index (χ2v) is 6.72. The summed E-state index contributed by atoms with van der Waals surface area (Å²) >= 11 is 0. The van der Waals surface area contributed by atoms with Gasteiger partial charge >= 0.3 is 0 Å². The fourth-order valence-electron chi connectivity index (χ4n) is 3.66. The molecule has 3 unspecified atom stereocenters. The first-order chi connectivity index (χ1) is 9.09. The molecule has 1 aliphatic carbocycles. The third-order valence-corrected chi connectivity index (χ3v) is 5.17. The number of hydrogen-bond acceptors (Lipinski definition) is 2. The summed E-state index contributed by atoms with van der Waals surface area (Å²) in [4.78, 5) is 14.6. The van der Waals surface area contributed by atoms with Crippen molar-refractivity contribution in [1.29, 1.82) is 0 Å². The van der Waals surface area contributed by atoms with Gasteiger partial charge in [-0.05, 0) is 32.1 Å². The molecule has 3 heteroatoms. The number of hydrogen-bond donors (Lipinski definition) is 1. The molecule has 3 atom stereocenters. The number of nitrogens with two attached hydrogens (primary N) is 1. The molecule has 19 heavy (non-hydrogen) atoms. The van der Waals surface area contributed by atoms with Crippen LogP contribution in [0.2, 0.25) is 0 Å². The van der Waals surface area contributed by atoms with Crippen LogP contribution in [0, 0.1) is 11.8 Å². The lowest BCUT2D eigenvalue weighted by atomic mass is 9.84. The number of carbonyl (C=O) groups is 1. The molecule has 2 aliphatic rings. The van der Waals surface area contributed by atoms with Crippen molar-refractivity contribution in [2.45, 2.75) is 77.3 Å². The van der Waals surface area contributed by atoms with Crippen molar-refractivity contribution in [3.05, 3.63) is 0 Å². The number of likely N-dealkylation sites (tertiary alicyclic amines) is 1. The molecule has 1 heterocycles. The Morgan fingerprint density at radius 3 is 2.47 bits per heavy atom. The monoisotopic (exact) mass is 266 g/mol. The minimum absolute atomic E-state index is 0.0352. The molecule has 0 aromatic heterocycles. The maximum absolute atomic E-state index is 12.5. The molecular weight excluding hydrogens is 236 g/mol. The van der Waals surface area contributed by atoms with E-state index in [1.54, 1.807) is 0 Å². The van der Waals surface area contributed by atoms with E-state index in [0.717, 1.165) is 12.5 Å². The van der Waals surface area contributed by atoms with Crippen molar-refractivity contribution in [3.63, 3.8) is 0 Å². The fourth-order valence-corrected chi connectivity index (χ4v) is 3.66.